The van der Waals surface area contributed by atoms with E-state index in [4.69, 9.17) is 4.74 Å². The summed E-state index contributed by atoms with van der Waals surface area (Å²) in [6, 6.07) is -2.98. The van der Waals surface area contributed by atoms with Crippen LogP contribution in [0.3, 0.4) is 0 Å². The zero-order valence-electron chi connectivity index (χ0n) is 19.3. The van der Waals surface area contributed by atoms with Crippen LogP contribution >= 0.6 is 0 Å². The van der Waals surface area contributed by atoms with Crippen molar-refractivity contribution in [3.8, 4) is 0 Å². The number of fused-ring (bicyclic) bond motifs is 2. The van der Waals surface area contributed by atoms with E-state index in [1.54, 1.807) is 20.9 Å². The van der Waals surface area contributed by atoms with Crippen molar-refractivity contribution in [2.24, 2.45) is 5.92 Å². The first-order chi connectivity index (χ1) is 15.1. The van der Waals surface area contributed by atoms with E-state index in [2.05, 4.69) is 5.32 Å². The molecule has 10 heteroatoms. The Balaban J connectivity index is 1.88. The Morgan fingerprint density at radius 1 is 1.03 bits per heavy atom. The molecule has 0 aliphatic carbocycles. The van der Waals surface area contributed by atoms with Crippen molar-refractivity contribution in [1.82, 2.24) is 20.0 Å². The number of hydrogen-bond donors (Lipinski definition) is 1. The van der Waals surface area contributed by atoms with Gasteiger partial charge in [0, 0.05) is 20.1 Å². The van der Waals surface area contributed by atoms with E-state index >= 15 is 0 Å². The molecule has 3 saturated heterocycles. The first-order valence-corrected chi connectivity index (χ1v) is 11.5. The molecule has 3 heterocycles. The van der Waals surface area contributed by atoms with Crippen LogP contribution in [0.4, 0.5) is 0 Å². The third-order valence-corrected chi connectivity index (χ3v) is 6.72. The average Bonchev–Trinajstić information content (AvgIpc) is 3.39. The lowest BCUT2D eigenvalue weighted by molar-refractivity contribution is -0.156. The summed E-state index contributed by atoms with van der Waals surface area (Å²) in [7, 11) is 1.56. The number of carbonyl (C=O) groups is 5. The number of nitrogens with zero attached hydrogens (tertiary/aromatic N) is 3. The minimum Gasteiger partial charge on any atom is -0.464 e. The lowest BCUT2D eigenvalue weighted by Gasteiger charge is -2.33. The third kappa shape index (κ3) is 4.73. The van der Waals surface area contributed by atoms with Crippen molar-refractivity contribution in [3.05, 3.63) is 0 Å². The first kappa shape index (κ1) is 24.0. The number of cyclic esters (lactones) is 1. The predicted molar refractivity (Wildman–Crippen MR) is 114 cm³/mol. The minimum absolute atomic E-state index is 0.0243. The van der Waals surface area contributed by atoms with E-state index < -0.39 is 36.0 Å². The van der Waals surface area contributed by atoms with Gasteiger partial charge in [-0.3, -0.25) is 19.2 Å². The number of nitrogens with one attached hydrogen (secondary N) is 1. The van der Waals surface area contributed by atoms with Crippen molar-refractivity contribution >= 4 is 29.6 Å². The molecule has 0 spiro atoms. The molecular formula is C22H34N4O6. The summed E-state index contributed by atoms with van der Waals surface area (Å²) >= 11 is 0. The highest BCUT2D eigenvalue weighted by Crippen LogP contribution is 2.26. The maximum absolute atomic E-state index is 13.2. The van der Waals surface area contributed by atoms with Gasteiger partial charge in [-0.25, -0.2) is 4.79 Å². The maximum atomic E-state index is 13.2. The van der Waals surface area contributed by atoms with Crippen molar-refractivity contribution in [1.29, 1.82) is 0 Å². The Labute approximate surface area is 188 Å². The van der Waals surface area contributed by atoms with Crippen LogP contribution in [0.25, 0.3) is 0 Å². The lowest BCUT2D eigenvalue weighted by atomic mass is 10.1. The van der Waals surface area contributed by atoms with E-state index in [1.165, 1.54) is 14.7 Å². The van der Waals surface area contributed by atoms with Crippen LogP contribution in [0.1, 0.15) is 52.9 Å². The van der Waals surface area contributed by atoms with Gasteiger partial charge in [0.15, 0.2) is 0 Å². The fourth-order valence-electron chi connectivity index (χ4n) is 4.96. The highest BCUT2D eigenvalue weighted by molar-refractivity contribution is 5.95. The van der Waals surface area contributed by atoms with Gasteiger partial charge >= 0.3 is 5.97 Å². The second-order valence-corrected chi connectivity index (χ2v) is 9.11. The molecule has 0 radical (unpaired) electrons. The van der Waals surface area contributed by atoms with E-state index in [1.807, 2.05) is 6.92 Å². The molecule has 5 atom stereocenters. The molecule has 3 aliphatic heterocycles. The number of ether oxygens (including phenoxy) is 1. The summed E-state index contributed by atoms with van der Waals surface area (Å²) < 4.78 is 5.35. The molecule has 3 fully saturated rings. The van der Waals surface area contributed by atoms with Crippen LogP contribution in [-0.4, -0.2) is 95.2 Å². The third-order valence-electron chi connectivity index (χ3n) is 6.72. The Kier molecular flexibility index (Phi) is 7.40. The molecule has 32 heavy (non-hydrogen) atoms. The summed E-state index contributed by atoms with van der Waals surface area (Å²) in [5, 5.41) is 2.72. The van der Waals surface area contributed by atoms with Gasteiger partial charge in [-0.1, -0.05) is 13.8 Å². The highest BCUT2D eigenvalue weighted by Gasteiger charge is 2.42. The summed E-state index contributed by atoms with van der Waals surface area (Å²) in [5.41, 5.74) is 0. The second-order valence-electron chi connectivity index (χ2n) is 9.11. The second kappa shape index (κ2) is 9.87. The van der Waals surface area contributed by atoms with Crippen molar-refractivity contribution < 1.29 is 28.7 Å². The van der Waals surface area contributed by atoms with Gasteiger partial charge in [-0.2, -0.15) is 0 Å². The Morgan fingerprint density at radius 3 is 2.44 bits per heavy atom. The molecule has 3 aliphatic rings. The standard InChI is InChI=1S/C22H34N4O6/c1-5-15-19(28)23-14(3)20(29)26-12-13(2)11-17(26)22(31)32-10-8-18(27)25-9-6-7-16(25)21(30)24(15)4/h13-17H,5-12H2,1-4H3,(H,23,28). The summed E-state index contributed by atoms with van der Waals surface area (Å²) in [6.07, 6.45) is 2.03. The number of likely N-dealkylation sites (N-methyl/N-ethyl adjacent to an activating group) is 1. The van der Waals surface area contributed by atoms with Gasteiger partial charge in [-0.15, -0.1) is 0 Å². The fraction of sp³-hybridized carbons (Fsp3) is 0.773. The number of esters is 1. The molecule has 0 aromatic rings. The fourth-order valence-corrected chi connectivity index (χ4v) is 4.96. The van der Waals surface area contributed by atoms with Gasteiger partial charge in [0.1, 0.15) is 30.8 Å². The van der Waals surface area contributed by atoms with Crippen LogP contribution in [0.15, 0.2) is 0 Å². The summed E-state index contributed by atoms with van der Waals surface area (Å²) in [5.74, 6) is -1.78. The Morgan fingerprint density at radius 2 is 1.75 bits per heavy atom. The summed E-state index contributed by atoms with van der Waals surface area (Å²) in [4.78, 5) is 69.0. The quantitative estimate of drug-likeness (QED) is 0.558. The highest BCUT2D eigenvalue weighted by atomic mass is 16.5. The molecule has 0 bridgehead atoms. The van der Waals surface area contributed by atoms with Crippen LogP contribution in [0.2, 0.25) is 0 Å². The smallest absolute Gasteiger partial charge is 0.328 e. The molecular weight excluding hydrogens is 416 g/mol. The molecule has 178 valence electrons. The van der Waals surface area contributed by atoms with Crippen LogP contribution in [-0.2, 0) is 28.7 Å². The number of hydrogen-bond acceptors (Lipinski definition) is 6. The normalized spacial score (nSPS) is 33.2. The number of amides is 4. The number of rotatable bonds is 1. The molecule has 0 saturated carbocycles. The van der Waals surface area contributed by atoms with Crippen LogP contribution in [0, 0.1) is 5.92 Å². The lowest BCUT2D eigenvalue weighted by Crippen LogP contribution is -2.57. The molecule has 1 N–H and O–H groups in total. The van der Waals surface area contributed by atoms with E-state index in [0.717, 1.165) is 0 Å². The minimum atomic E-state index is -0.849. The SMILES string of the molecule is CCC1C(=O)NC(C)C(=O)N2CC(C)CC2C(=O)OCCC(=O)N2CCCC2C(=O)N1C. The van der Waals surface area contributed by atoms with Crippen LogP contribution < -0.4 is 5.32 Å². The molecule has 10 nitrogen and oxygen atoms in total. The van der Waals surface area contributed by atoms with Gasteiger partial charge < -0.3 is 24.8 Å². The zero-order chi connectivity index (χ0) is 23.6. The molecule has 0 aromatic carbocycles. The van der Waals surface area contributed by atoms with Gasteiger partial charge in [0.25, 0.3) is 0 Å². The van der Waals surface area contributed by atoms with Crippen molar-refractivity contribution in [3.63, 3.8) is 0 Å². The largest absolute Gasteiger partial charge is 0.464 e. The number of carbonyl (C=O) groups excluding carboxylic acids is 5. The monoisotopic (exact) mass is 450 g/mol. The molecule has 5 unspecified atom stereocenters. The van der Waals surface area contributed by atoms with Gasteiger partial charge in [0.2, 0.25) is 23.6 Å². The van der Waals surface area contributed by atoms with Gasteiger partial charge in [-0.05, 0) is 38.5 Å². The summed E-state index contributed by atoms with van der Waals surface area (Å²) in [6.45, 7) is 6.08. The maximum Gasteiger partial charge on any atom is 0.328 e. The van der Waals surface area contributed by atoms with Crippen molar-refractivity contribution in [2.45, 2.75) is 77.0 Å². The van der Waals surface area contributed by atoms with E-state index in [0.29, 0.717) is 38.8 Å². The van der Waals surface area contributed by atoms with Crippen molar-refractivity contribution in [2.75, 3.05) is 26.7 Å². The Hall–Kier alpha value is -2.65. The molecule has 4 amide bonds. The average molecular weight is 451 g/mol. The zero-order valence-corrected chi connectivity index (χ0v) is 19.3. The van der Waals surface area contributed by atoms with E-state index in [9.17, 15) is 24.0 Å². The topological polar surface area (TPSA) is 116 Å². The predicted octanol–water partition coefficient (Wildman–Crippen LogP) is -0.0970. The molecule has 3 rings (SSSR count). The van der Waals surface area contributed by atoms with E-state index in [-0.39, 0.29) is 36.7 Å². The van der Waals surface area contributed by atoms with Gasteiger partial charge in [0.05, 0.1) is 6.42 Å². The van der Waals surface area contributed by atoms with Crippen LogP contribution in [0.5, 0.6) is 0 Å². The Bertz CT molecular complexity index is 786. The molecule has 0 aromatic heterocycles. The first-order valence-electron chi connectivity index (χ1n) is 11.5.